The third-order valence-electron chi connectivity index (χ3n) is 7.97. The summed E-state index contributed by atoms with van der Waals surface area (Å²) in [6.07, 6.45) is 8.53. The van der Waals surface area contributed by atoms with Gasteiger partial charge in [-0.2, -0.15) is 0 Å². The van der Waals surface area contributed by atoms with Crippen LogP contribution in [0.4, 0.5) is 5.69 Å². The summed E-state index contributed by atoms with van der Waals surface area (Å²) in [6, 6.07) is 7.10. The number of nitrogens with one attached hydrogen (secondary N) is 1. The van der Waals surface area contributed by atoms with Crippen molar-refractivity contribution >= 4 is 23.5 Å². The Labute approximate surface area is 183 Å². The van der Waals surface area contributed by atoms with Gasteiger partial charge in [-0.25, -0.2) is 4.79 Å². The number of anilines is 1. The Morgan fingerprint density at radius 3 is 2.42 bits per heavy atom. The minimum Gasteiger partial charge on any atom is -0.454 e. The van der Waals surface area contributed by atoms with Gasteiger partial charge in [0.1, 0.15) is 6.04 Å². The van der Waals surface area contributed by atoms with Crippen LogP contribution in [-0.2, 0) is 25.5 Å². The van der Waals surface area contributed by atoms with Gasteiger partial charge in [-0.3, -0.25) is 9.59 Å². The number of rotatable bonds is 5. The molecule has 4 bridgehead atoms. The third kappa shape index (κ3) is 3.85. The van der Waals surface area contributed by atoms with E-state index in [4.69, 9.17) is 4.74 Å². The second-order valence-electron chi connectivity index (χ2n) is 10.3. The quantitative estimate of drug-likeness (QED) is 0.737. The number of carbonyl (C=O) groups excluding carboxylic acids is 3. The van der Waals surface area contributed by atoms with E-state index in [0.717, 1.165) is 43.4 Å². The molecule has 0 unspecified atom stereocenters. The topological polar surface area (TPSA) is 75.7 Å². The van der Waals surface area contributed by atoms with Gasteiger partial charge in [-0.15, -0.1) is 0 Å². The first-order valence-corrected chi connectivity index (χ1v) is 11.8. The highest BCUT2D eigenvalue weighted by molar-refractivity contribution is 5.97. The molecule has 1 aliphatic heterocycles. The molecule has 4 aliphatic carbocycles. The van der Waals surface area contributed by atoms with Gasteiger partial charge in [0.25, 0.3) is 5.91 Å². The van der Waals surface area contributed by atoms with Crippen molar-refractivity contribution in [1.82, 2.24) is 5.32 Å². The molecule has 6 nitrogen and oxygen atoms in total. The minimum absolute atomic E-state index is 0.00679. The maximum Gasteiger partial charge on any atom is 0.328 e. The molecule has 0 saturated heterocycles. The lowest BCUT2D eigenvalue weighted by Crippen LogP contribution is -2.56. The number of hydrogen-bond donors (Lipinski definition) is 1. The first-order valence-electron chi connectivity index (χ1n) is 11.8. The highest BCUT2D eigenvalue weighted by Gasteiger charge is 2.54. The van der Waals surface area contributed by atoms with Crippen LogP contribution >= 0.6 is 0 Å². The first kappa shape index (κ1) is 20.5. The van der Waals surface area contributed by atoms with Crippen LogP contribution in [0.5, 0.6) is 0 Å². The van der Waals surface area contributed by atoms with E-state index in [1.165, 1.54) is 19.3 Å². The van der Waals surface area contributed by atoms with E-state index in [2.05, 4.69) is 5.32 Å². The maximum absolute atomic E-state index is 13.1. The fourth-order valence-corrected chi connectivity index (χ4v) is 6.93. The van der Waals surface area contributed by atoms with Crippen molar-refractivity contribution in [2.24, 2.45) is 23.2 Å². The van der Waals surface area contributed by atoms with Crippen molar-refractivity contribution in [2.75, 3.05) is 18.1 Å². The van der Waals surface area contributed by atoms with Gasteiger partial charge in [0, 0.05) is 17.6 Å². The molecular weight excluding hydrogens is 392 g/mol. The normalized spacial score (nSPS) is 31.6. The second kappa shape index (κ2) is 7.95. The number of amides is 2. The molecule has 31 heavy (non-hydrogen) atoms. The average Bonchev–Trinajstić information content (AvgIpc) is 2.75. The lowest BCUT2D eigenvalue weighted by molar-refractivity contribution is -0.155. The fourth-order valence-electron chi connectivity index (χ4n) is 6.93. The molecule has 166 valence electrons. The molecule has 0 spiro atoms. The first-order chi connectivity index (χ1) is 14.9. The number of aryl methyl sites for hydroxylation is 1. The van der Waals surface area contributed by atoms with Gasteiger partial charge >= 0.3 is 5.97 Å². The molecule has 0 aromatic heterocycles. The van der Waals surface area contributed by atoms with Crippen LogP contribution in [0.25, 0.3) is 0 Å². The zero-order chi connectivity index (χ0) is 21.6. The molecule has 1 heterocycles. The van der Waals surface area contributed by atoms with Gasteiger partial charge in [-0.05, 0) is 87.7 Å². The van der Waals surface area contributed by atoms with E-state index < -0.39 is 12.0 Å². The van der Waals surface area contributed by atoms with Gasteiger partial charge in [0.15, 0.2) is 6.61 Å². The monoisotopic (exact) mass is 424 g/mol. The van der Waals surface area contributed by atoms with Crippen LogP contribution in [0.1, 0.15) is 57.4 Å². The zero-order valence-corrected chi connectivity index (χ0v) is 18.3. The Morgan fingerprint density at radius 2 is 1.74 bits per heavy atom. The Balaban J connectivity index is 1.15. The Bertz CT molecular complexity index is 860. The molecule has 4 saturated carbocycles. The summed E-state index contributed by atoms with van der Waals surface area (Å²) in [7, 11) is 0. The van der Waals surface area contributed by atoms with Crippen LogP contribution in [0.15, 0.2) is 24.3 Å². The van der Waals surface area contributed by atoms with Crippen molar-refractivity contribution in [3.05, 3.63) is 29.8 Å². The number of benzene rings is 1. The van der Waals surface area contributed by atoms with Crippen molar-refractivity contribution in [1.29, 1.82) is 0 Å². The van der Waals surface area contributed by atoms with Crippen molar-refractivity contribution in [3.63, 3.8) is 0 Å². The lowest BCUT2D eigenvalue weighted by atomic mass is 9.49. The van der Waals surface area contributed by atoms with Crippen LogP contribution in [0.3, 0.4) is 0 Å². The molecule has 4 fully saturated rings. The van der Waals surface area contributed by atoms with E-state index in [1.807, 2.05) is 24.3 Å². The smallest absolute Gasteiger partial charge is 0.328 e. The predicted molar refractivity (Wildman–Crippen MR) is 116 cm³/mol. The maximum atomic E-state index is 13.1. The molecule has 1 N–H and O–H groups in total. The lowest BCUT2D eigenvalue weighted by Gasteiger charge is -2.55. The summed E-state index contributed by atoms with van der Waals surface area (Å²) in [5.41, 5.74) is 1.75. The van der Waals surface area contributed by atoms with Crippen LogP contribution in [0, 0.1) is 23.2 Å². The summed E-state index contributed by atoms with van der Waals surface area (Å²) in [6.45, 7) is 1.98. The standard InChI is InChI=1S/C25H32N2O4/c1-16(26-24(30)25-12-17-9-18(13-25)11-19(10-17)14-25)23(29)31-15-22(28)27-8-4-6-20-5-2-3-7-21(20)27/h2-3,5,7,16-19H,4,6,8-15H2,1H3,(H,26,30)/t16-,17?,18?,19?,25?/m0/s1. The largest absolute Gasteiger partial charge is 0.454 e. The molecule has 5 aliphatic rings. The van der Waals surface area contributed by atoms with Crippen LogP contribution < -0.4 is 10.2 Å². The average molecular weight is 425 g/mol. The molecular formula is C25H32N2O4. The van der Waals surface area contributed by atoms with E-state index in [-0.39, 0.29) is 23.8 Å². The Kier molecular flexibility index (Phi) is 5.27. The summed E-state index contributed by atoms with van der Waals surface area (Å²) in [5.74, 6) is 1.25. The number of carbonyl (C=O) groups is 3. The van der Waals surface area contributed by atoms with Gasteiger partial charge in [-0.1, -0.05) is 18.2 Å². The van der Waals surface area contributed by atoms with E-state index in [9.17, 15) is 14.4 Å². The predicted octanol–water partition coefficient (Wildman–Crippen LogP) is 3.23. The van der Waals surface area contributed by atoms with E-state index in [1.54, 1.807) is 11.8 Å². The minimum atomic E-state index is -0.748. The summed E-state index contributed by atoms with van der Waals surface area (Å²) >= 11 is 0. The Hall–Kier alpha value is -2.37. The van der Waals surface area contributed by atoms with Crippen LogP contribution in [0.2, 0.25) is 0 Å². The molecule has 6 heteroatoms. The van der Waals surface area contributed by atoms with Gasteiger partial charge in [0.2, 0.25) is 5.91 Å². The molecule has 1 aromatic rings. The Morgan fingerprint density at radius 1 is 1.10 bits per heavy atom. The highest BCUT2D eigenvalue weighted by Crippen LogP contribution is 2.60. The van der Waals surface area contributed by atoms with Crippen molar-refractivity contribution in [2.45, 2.75) is 64.3 Å². The number of hydrogen-bond acceptors (Lipinski definition) is 4. The summed E-state index contributed by atoms with van der Waals surface area (Å²) < 4.78 is 5.31. The number of para-hydroxylation sites is 1. The van der Waals surface area contributed by atoms with Crippen molar-refractivity contribution < 1.29 is 19.1 Å². The molecule has 0 radical (unpaired) electrons. The summed E-state index contributed by atoms with van der Waals surface area (Å²) in [5, 5.41) is 2.92. The zero-order valence-electron chi connectivity index (χ0n) is 18.3. The number of fused-ring (bicyclic) bond motifs is 1. The number of nitrogens with zero attached hydrogens (tertiary/aromatic N) is 1. The third-order valence-corrected chi connectivity index (χ3v) is 7.97. The van der Waals surface area contributed by atoms with Gasteiger partial charge in [0.05, 0.1) is 0 Å². The van der Waals surface area contributed by atoms with E-state index >= 15 is 0 Å². The van der Waals surface area contributed by atoms with Crippen molar-refractivity contribution in [3.8, 4) is 0 Å². The van der Waals surface area contributed by atoms with Crippen LogP contribution in [-0.4, -0.2) is 37.0 Å². The number of ether oxygens (including phenoxy) is 1. The number of esters is 1. The highest BCUT2D eigenvalue weighted by atomic mass is 16.5. The second-order valence-corrected chi connectivity index (χ2v) is 10.3. The molecule has 2 amide bonds. The fraction of sp³-hybridized carbons (Fsp3) is 0.640. The molecule has 6 rings (SSSR count). The van der Waals surface area contributed by atoms with Gasteiger partial charge < -0.3 is 15.0 Å². The molecule has 1 atom stereocenters. The SMILES string of the molecule is C[C@H](NC(=O)C12CC3CC(CC(C3)C1)C2)C(=O)OCC(=O)N1CCCc2ccccc21. The summed E-state index contributed by atoms with van der Waals surface area (Å²) in [4.78, 5) is 40.1. The van der Waals surface area contributed by atoms with E-state index in [0.29, 0.717) is 24.3 Å². The molecule has 1 aromatic carbocycles.